The Morgan fingerprint density at radius 2 is 1.67 bits per heavy atom. The average Bonchev–Trinajstić information content (AvgIpc) is 2.27. The first kappa shape index (κ1) is 11.4. The van der Waals surface area contributed by atoms with Gasteiger partial charge in [-0.05, 0) is 11.5 Å². The number of benzene rings is 1. The Bertz CT molecular complexity index is 359. The normalized spacial score (nSPS) is 14.3. The van der Waals surface area contributed by atoms with Gasteiger partial charge in [0.2, 0.25) is 5.78 Å². The van der Waals surface area contributed by atoms with Crippen LogP contribution in [0.1, 0.15) is 25.3 Å². The molecule has 0 aliphatic rings. The van der Waals surface area contributed by atoms with Crippen LogP contribution in [0.25, 0.3) is 0 Å². The SMILES string of the molecule is CC(C(=O)C(N)=O)C(C)c1ccccc1. The Morgan fingerprint density at radius 3 is 2.13 bits per heavy atom. The Labute approximate surface area is 89.3 Å². The smallest absolute Gasteiger partial charge is 0.285 e. The molecule has 3 nitrogen and oxygen atoms in total. The summed E-state index contributed by atoms with van der Waals surface area (Å²) >= 11 is 0. The predicted molar refractivity (Wildman–Crippen MR) is 58.2 cm³/mol. The quantitative estimate of drug-likeness (QED) is 0.757. The summed E-state index contributed by atoms with van der Waals surface area (Å²) in [6, 6.07) is 9.61. The van der Waals surface area contributed by atoms with Crippen LogP contribution in [-0.4, -0.2) is 11.7 Å². The maximum absolute atomic E-state index is 11.4. The summed E-state index contributed by atoms with van der Waals surface area (Å²) in [7, 11) is 0. The van der Waals surface area contributed by atoms with Crippen molar-refractivity contribution in [2.75, 3.05) is 0 Å². The van der Waals surface area contributed by atoms with Crippen LogP contribution in [0.4, 0.5) is 0 Å². The molecule has 2 atom stereocenters. The molecule has 1 amide bonds. The average molecular weight is 205 g/mol. The number of hydrogen-bond acceptors (Lipinski definition) is 2. The van der Waals surface area contributed by atoms with Crippen molar-refractivity contribution in [2.45, 2.75) is 19.8 Å². The molecule has 0 spiro atoms. The van der Waals surface area contributed by atoms with Crippen LogP contribution < -0.4 is 5.73 Å². The van der Waals surface area contributed by atoms with E-state index in [9.17, 15) is 9.59 Å². The van der Waals surface area contributed by atoms with Crippen molar-refractivity contribution in [1.29, 1.82) is 0 Å². The highest BCUT2D eigenvalue weighted by Crippen LogP contribution is 2.24. The molecule has 80 valence electrons. The van der Waals surface area contributed by atoms with Crippen molar-refractivity contribution in [2.24, 2.45) is 11.7 Å². The molecule has 0 fully saturated rings. The van der Waals surface area contributed by atoms with Crippen molar-refractivity contribution in [3.05, 3.63) is 35.9 Å². The maximum atomic E-state index is 11.4. The summed E-state index contributed by atoms with van der Waals surface area (Å²) in [5.41, 5.74) is 6.01. The predicted octanol–water partition coefficient (Wildman–Crippen LogP) is 1.48. The molecule has 0 aromatic heterocycles. The summed E-state index contributed by atoms with van der Waals surface area (Å²) < 4.78 is 0. The number of nitrogens with two attached hydrogens (primary N) is 1. The van der Waals surface area contributed by atoms with Crippen molar-refractivity contribution >= 4 is 11.7 Å². The molecule has 2 unspecified atom stereocenters. The van der Waals surface area contributed by atoms with E-state index in [1.54, 1.807) is 6.92 Å². The van der Waals surface area contributed by atoms with Gasteiger partial charge in [-0.1, -0.05) is 44.2 Å². The topological polar surface area (TPSA) is 60.2 Å². The third-order valence-electron chi connectivity index (χ3n) is 2.73. The van der Waals surface area contributed by atoms with Gasteiger partial charge in [0.25, 0.3) is 5.91 Å². The van der Waals surface area contributed by atoms with Gasteiger partial charge in [-0.3, -0.25) is 9.59 Å². The lowest BCUT2D eigenvalue weighted by atomic mass is 9.86. The van der Waals surface area contributed by atoms with E-state index < -0.39 is 11.7 Å². The molecule has 3 heteroatoms. The highest BCUT2D eigenvalue weighted by molar-refractivity contribution is 6.36. The van der Waals surface area contributed by atoms with Crippen LogP contribution in [0.15, 0.2) is 30.3 Å². The number of rotatable bonds is 4. The monoisotopic (exact) mass is 205 g/mol. The Hall–Kier alpha value is -1.64. The van der Waals surface area contributed by atoms with E-state index in [2.05, 4.69) is 0 Å². The molecule has 2 N–H and O–H groups in total. The van der Waals surface area contributed by atoms with Crippen molar-refractivity contribution < 1.29 is 9.59 Å². The highest BCUT2D eigenvalue weighted by Gasteiger charge is 2.24. The van der Waals surface area contributed by atoms with Crippen molar-refractivity contribution in [3.63, 3.8) is 0 Å². The number of carbonyl (C=O) groups is 2. The zero-order valence-corrected chi connectivity index (χ0v) is 8.94. The molecule has 0 heterocycles. The van der Waals surface area contributed by atoms with Gasteiger partial charge in [-0.15, -0.1) is 0 Å². The first-order valence-electron chi connectivity index (χ1n) is 4.92. The molecule has 0 bridgehead atoms. The van der Waals surface area contributed by atoms with Gasteiger partial charge in [0.1, 0.15) is 0 Å². The van der Waals surface area contributed by atoms with Crippen LogP contribution in [-0.2, 0) is 9.59 Å². The van der Waals surface area contributed by atoms with Gasteiger partial charge in [0.05, 0.1) is 0 Å². The van der Waals surface area contributed by atoms with E-state index in [-0.39, 0.29) is 11.8 Å². The lowest BCUT2D eigenvalue weighted by Crippen LogP contribution is -2.31. The van der Waals surface area contributed by atoms with Crippen molar-refractivity contribution in [1.82, 2.24) is 0 Å². The minimum atomic E-state index is -0.856. The Balaban J connectivity index is 2.82. The highest BCUT2D eigenvalue weighted by atomic mass is 16.2. The number of primary amides is 1. The minimum Gasteiger partial charge on any atom is -0.363 e. The van der Waals surface area contributed by atoms with E-state index in [0.717, 1.165) is 5.56 Å². The third kappa shape index (κ3) is 2.65. The molecule has 0 radical (unpaired) electrons. The van der Waals surface area contributed by atoms with E-state index in [1.165, 1.54) is 0 Å². The molecule has 0 saturated heterocycles. The van der Waals surface area contributed by atoms with Gasteiger partial charge >= 0.3 is 0 Å². The molecule has 0 aliphatic carbocycles. The number of hydrogen-bond donors (Lipinski definition) is 1. The van der Waals surface area contributed by atoms with Gasteiger partial charge in [-0.2, -0.15) is 0 Å². The fourth-order valence-electron chi connectivity index (χ4n) is 1.50. The summed E-state index contributed by atoms with van der Waals surface area (Å²) in [4.78, 5) is 22.1. The third-order valence-corrected chi connectivity index (χ3v) is 2.73. The van der Waals surface area contributed by atoms with Gasteiger partial charge in [0.15, 0.2) is 0 Å². The Kier molecular flexibility index (Phi) is 3.61. The van der Waals surface area contributed by atoms with E-state index in [1.807, 2.05) is 37.3 Å². The van der Waals surface area contributed by atoms with Crippen molar-refractivity contribution in [3.8, 4) is 0 Å². The molecule has 0 saturated carbocycles. The van der Waals surface area contributed by atoms with E-state index in [4.69, 9.17) is 5.73 Å². The summed E-state index contributed by atoms with van der Waals surface area (Å²) in [5.74, 6) is -1.73. The van der Waals surface area contributed by atoms with Crippen LogP contribution in [0, 0.1) is 5.92 Å². The summed E-state index contributed by atoms with van der Waals surface area (Å²) in [6.45, 7) is 3.64. The first-order chi connectivity index (χ1) is 7.04. The summed E-state index contributed by atoms with van der Waals surface area (Å²) in [6.07, 6.45) is 0. The minimum absolute atomic E-state index is 0.00574. The standard InChI is InChI=1S/C12H15NO2/c1-8(9(2)11(14)12(13)15)10-6-4-3-5-7-10/h3-9H,1-2H3,(H2,13,15). The van der Waals surface area contributed by atoms with Gasteiger partial charge < -0.3 is 5.73 Å². The van der Waals surface area contributed by atoms with Crippen LogP contribution in [0.5, 0.6) is 0 Å². The van der Waals surface area contributed by atoms with Gasteiger partial charge in [0, 0.05) is 5.92 Å². The first-order valence-corrected chi connectivity index (χ1v) is 4.92. The zero-order chi connectivity index (χ0) is 11.4. The maximum Gasteiger partial charge on any atom is 0.285 e. The molecular formula is C12H15NO2. The number of ketones is 1. The summed E-state index contributed by atoms with van der Waals surface area (Å²) in [5, 5.41) is 0. The van der Waals surface area contributed by atoms with E-state index in [0.29, 0.717) is 0 Å². The molecule has 1 rings (SSSR count). The van der Waals surface area contributed by atoms with Gasteiger partial charge in [-0.25, -0.2) is 0 Å². The fourth-order valence-corrected chi connectivity index (χ4v) is 1.50. The number of Topliss-reactive ketones (excluding diaryl/α,β-unsaturated/α-hetero) is 1. The second-order valence-electron chi connectivity index (χ2n) is 3.72. The number of carbonyl (C=O) groups excluding carboxylic acids is 2. The van der Waals surface area contributed by atoms with E-state index >= 15 is 0 Å². The lowest BCUT2D eigenvalue weighted by Gasteiger charge is -2.17. The van der Waals surface area contributed by atoms with Crippen LogP contribution in [0.2, 0.25) is 0 Å². The molecule has 1 aromatic carbocycles. The Morgan fingerprint density at radius 1 is 1.13 bits per heavy atom. The van der Waals surface area contributed by atoms with Crippen LogP contribution >= 0.6 is 0 Å². The largest absolute Gasteiger partial charge is 0.363 e. The molecular weight excluding hydrogens is 190 g/mol. The molecule has 1 aromatic rings. The fraction of sp³-hybridized carbons (Fsp3) is 0.333. The number of amides is 1. The molecule has 0 aliphatic heterocycles. The zero-order valence-electron chi connectivity index (χ0n) is 8.94. The lowest BCUT2D eigenvalue weighted by molar-refractivity contribution is -0.138. The second-order valence-corrected chi connectivity index (χ2v) is 3.72. The second kappa shape index (κ2) is 4.73. The van der Waals surface area contributed by atoms with Crippen LogP contribution in [0.3, 0.4) is 0 Å². The molecule has 15 heavy (non-hydrogen) atoms.